The number of aromatic amines is 1. The summed E-state index contributed by atoms with van der Waals surface area (Å²) in [4.78, 5) is 40.6. The average molecular weight is 630 g/mol. The Labute approximate surface area is 269 Å². The van der Waals surface area contributed by atoms with Crippen LogP contribution in [0.4, 0.5) is 0 Å². The van der Waals surface area contributed by atoms with E-state index in [0.717, 1.165) is 58.7 Å². The highest BCUT2D eigenvalue weighted by Crippen LogP contribution is 2.40. The highest BCUT2D eigenvalue weighted by Gasteiger charge is 2.47. The Morgan fingerprint density at radius 3 is 2.66 bits per heavy atom. The van der Waals surface area contributed by atoms with Gasteiger partial charge in [-0.05, 0) is 80.0 Å². The third-order valence-corrected chi connectivity index (χ3v) is 10.5. The van der Waals surface area contributed by atoms with Gasteiger partial charge in [0.2, 0.25) is 0 Å². The second-order valence-corrected chi connectivity index (χ2v) is 13.5. The van der Waals surface area contributed by atoms with Gasteiger partial charge >= 0.3 is 0 Å². The number of fused-ring (bicyclic) bond motifs is 5. The Hall–Kier alpha value is -5.16. The summed E-state index contributed by atoms with van der Waals surface area (Å²) in [6.07, 6.45) is 4.38. The van der Waals surface area contributed by atoms with E-state index in [9.17, 15) is 14.7 Å². The number of hydrogen-bond acceptors (Lipinski definition) is 7. The van der Waals surface area contributed by atoms with Crippen LogP contribution in [0.3, 0.4) is 0 Å². The standard InChI is InChI=1S/C36H35N7O4/c1-41-33-26(12-22(14-30(33)47-2)36(46)43-17-21-7-10-27(43)32(21)37)40-35(41)28-13-20-6-8-24(39-34(20)42(28)16-18-3-4-18)19-5-9-25-23(11-19)29(44)15-31(45)38-25/h5-6,8-9,11-15,18,21,27,32H,3-4,7,10,16-17,37H2,1-2H3,(H2,38,44,45)/t21-,27-,32-/m1/s1. The zero-order chi connectivity index (χ0) is 32.1. The molecule has 3 fully saturated rings. The first kappa shape index (κ1) is 28.1. The zero-order valence-corrected chi connectivity index (χ0v) is 26.2. The molecule has 2 aliphatic carbocycles. The van der Waals surface area contributed by atoms with Crippen LogP contribution in [-0.4, -0.2) is 65.7 Å². The Balaban J connectivity index is 1.15. The molecule has 0 unspecified atom stereocenters. The Kier molecular flexibility index (Phi) is 6.08. The summed E-state index contributed by atoms with van der Waals surface area (Å²) < 4.78 is 10.2. The number of likely N-dealkylation sites (tertiary alicyclic amines) is 1. The summed E-state index contributed by atoms with van der Waals surface area (Å²) >= 11 is 0. The van der Waals surface area contributed by atoms with E-state index in [1.165, 1.54) is 18.9 Å². The highest BCUT2D eigenvalue weighted by atomic mass is 16.5. The Morgan fingerprint density at radius 2 is 1.91 bits per heavy atom. The average Bonchev–Trinajstić information content (AvgIpc) is 3.47. The number of nitrogens with one attached hydrogen (secondary N) is 1. The number of H-pyrrole nitrogens is 1. The summed E-state index contributed by atoms with van der Waals surface area (Å²) in [5.74, 6) is 2.23. The number of nitrogens with zero attached hydrogens (tertiary/aromatic N) is 5. The number of aromatic nitrogens is 5. The van der Waals surface area contributed by atoms with Gasteiger partial charge in [0.15, 0.2) is 5.82 Å². The number of rotatable bonds is 6. The second kappa shape index (κ2) is 10.2. The SMILES string of the molecule is COc1cc(C(=O)N2C[C@H]3CC[C@@H]2[C@@H]3N)cc2nc(-c3cc4ccc(-c5ccc6[nH]c(=O)cc(O)c6c5)nc4n3CC3CC3)n(C)c12. The summed E-state index contributed by atoms with van der Waals surface area (Å²) in [5, 5.41) is 12.0. The molecule has 238 valence electrons. The fourth-order valence-corrected chi connectivity index (χ4v) is 7.88. The fourth-order valence-electron chi connectivity index (χ4n) is 7.88. The van der Waals surface area contributed by atoms with Crippen molar-refractivity contribution < 1.29 is 14.6 Å². The molecule has 0 spiro atoms. The van der Waals surface area contributed by atoms with Gasteiger partial charge in [-0.15, -0.1) is 0 Å². The lowest BCUT2D eigenvalue weighted by Gasteiger charge is -2.27. The van der Waals surface area contributed by atoms with E-state index in [0.29, 0.717) is 46.1 Å². The number of aromatic hydroxyl groups is 1. The number of imidazole rings is 1. The van der Waals surface area contributed by atoms with Crippen molar-refractivity contribution in [2.45, 2.75) is 44.3 Å². The molecule has 1 aliphatic heterocycles. The minimum absolute atomic E-state index is 0.0204. The summed E-state index contributed by atoms with van der Waals surface area (Å²) in [6.45, 7) is 1.52. The predicted octanol–water partition coefficient (Wildman–Crippen LogP) is 4.78. The maximum absolute atomic E-state index is 13.7. The lowest BCUT2D eigenvalue weighted by molar-refractivity contribution is 0.0700. The number of aryl methyl sites for hydroxylation is 1. The smallest absolute Gasteiger partial charge is 0.254 e. The van der Waals surface area contributed by atoms with E-state index >= 15 is 0 Å². The Morgan fingerprint density at radius 1 is 1.06 bits per heavy atom. The number of piperidine rings is 1. The number of nitrogens with two attached hydrogens (primary N) is 1. The number of hydrogen-bond donors (Lipinski definition) is 3. The van der Waals surface area contributed by atoms with Crippen LogP contribution in [0.5, 0.6) is 11.5 Å². The van der Waals surface area contributed by atoms with E-state index in [2.05, 4.69) is 21.7 Å². The molecule has 2 bridgehead atoms. The number of carbonyl (C=O) groups is 1. The van der Waals surface area contributed by atoms with Gasteiger partial charge in [0.1, 0.15) is 22.7 Å². The van der Waals surface area contributed by atoms with E-state index < -0.39 is 0 Å². The van der Waals surface area contributed by atoms with Gasteiger partial charge in [-0.3, -0.25) is 9.59 Å². The highest BCUT2D eigenvalue weighted by molar-refractivity contribution is 6.00. The van der Waals surface area contributed by atoms with Crippen molar-refractivity contribution in [1.29, 1.82) is 0 Å². The van der Waals surface area contributed by atoms with Crippen LogP contribution in [0, 0.1) is 11.8 Å². The fraction of sp³-hybridized carbons (Fsp3) is 0.333. The molecule has 6 aromatic rings. The number of amides is 1. The van der Waals surface area contributed by atoms with E-state index in [1.807, 2.05) is 46.8 Å². The van der Waals surface area contributed by atoms with Gasteiger partial charge in [0.25, 0.3) is 11.5 Å². The summed E-state index contributed by atoms with van der Waals surface area (Å²) in [7, 11) is 3.61. The lowest BCUT2D eigenvalue weighted by atomic mass is 10.1. The molecule has 2 aromatic carbocycles. The van der Waals surface area contributed by atoms with Crippen LogP contribution in [0.15, 0.2) is 59.4 Å². The maximum Gasteiger partial charge on any atom is 0.254 e. The monoisotopic (exact) mass is 629 g/mol. The number of carbonyl (C=O) groups excluding carboxylic acids is 1. The number of ether oxygens (including phenoxy) is 1. The molecule has 3 atom stereocenters. The predicted molar refractivity (Wildman–Crippen MR) is 179 cm³/mol. The summed E-state index contributed by atoms with van der Waals surface area (Å²) in [6, 6.07) is 16.8. The largest absolute Gasteiger partial charge is 0.507 e. The van der Waals surface area contributed by atoms with E-state index in [4.69, 9.17) is 20.4 Å². The molecule has 9 rings (SSSR count). The third-order valence-electron chi connectivity index (χ3n) is 10.5. The molecule has 47 heavy (non-hydrogen) atoms. The van der Waals surface area contributed by atoms with Crippen molar-refractivity contribution in [1.82, 2.24) is 29.0 Å². The van der Waals surface area contributed by atoms with Crippen LogP contribution in [0.1, 0.15) is 36.0 Å². The molecule has 11 heteroatoms. The minimum atomic E-state index is -0.349. The number of pyridine rings is 2. The van der Waals surface area contributed by atoms with Crippen LogP contribution in [0.2, 0.25) is 0 Å². The first-order valence-corrected chi connectivity index (χ1v) is 16.3. The molecule has 3 aliphatic rings. The molecule has 2 saturated carbocycles. The van der Waals surface area contributed by atoms with Crippen LogP contribution >= 0.6 is 0 Å². The van der Waals surface area contributed by atoms with Crippen molar-refractivity contribution in [2.75, 3.05) is 13.7 Å². The maximum atomic E-state index is 13.7. The molecule has 4 aromatic heterocycles. The second-order valence-electron chi connectivity index (χ2n) is 13.5. The third kappa shape index (κ3) is 4.36. The van der Waals surface area contributed by atoms with Crippen LogP contribution in [-0.2, 0) is 13.6 Å². The normalized spacial score (nSPS) is 20.7. The van der Waals surface area contributed by atoms with Gasteiger partial charge in [0, 0.05) is 60.2 Å². The van der Waals surface area contributed by atoms with E-state index in [-0.39, 0.29) is 29.3 Å². The molecule has 11 nitrogen and oxygen atoms in total. The zero-order valence-electron chi connectivity index (χ0n) is 26.2. The van der Waals surface area contributed by atoms with Gasteiger partial charge in [-0.2, -0.15) is 0 Å². The first-order valence-electron chi connectivity index (χ1n) is 16.3. The number of methoxy groups -OCH3 is 1. The molecule has 0 radical (unpaired) electrons. The van der Waals surface area contributed by atoms with Crippen molar-refractivity contribution in [3.63, 3.8) is 0 Å². The van der Waals surface area contributed by atoms with Crippen LogP contribution in [0.25, 0.3) is 55.7 Å². The quantitative estimate of drug-likeness (QED) is 0.240. The van der Waals surface area contributed by atoms with Gasteiger partial charge in [-0.1, -0.05) is 6.07 Å². The van der Waals surface area contributed by atoms with Gasteiger partial charge in [-0.25, -0.2) is 9.97 Å². The molecule has 5 heterocycles. The van der Waals surface area contributed by atoms with Crippen molar-refractivity contribution in [3.8, 4) is 34.3 Å². The Bertz CT molecular complexity index is 2330. The van der Waals surface area contributed by atoms with Gasteiger partial charge in [0.05, 0.1) is 29.5 Å². The van der Waals surface area contributed by atoms with Crippen molar-refractivity contribution >= 4 is 38.9 Å². The number of benzene rings is 2. The lowest BCUT2D eigenvalue weighted by Crippen LogP contribution is -2.41. The molecular weight excluding hydrogens is 594 g/mol. The topological polar surface area (TPSA) is 144 Å². The van der Waals surface area contributed by atoms with E-state index in [1.54, 1.807) is 13.2 Å². The molecule has 4 N–H and O–H groups in total. The summed E-state index contributed by atoms with van der Waals surface area (Å²) in [5.41, 5.74) is 12.1. The minimum Gasteiger partial charge on any atom is -0.507 e. The molecular formula is C36H35N7O4. The van der Waals surface area contributed by atoms with Crippen molar-refractivity contribution in [3.05, 3.63) is 70.5 Å². The first-order chi connectivity index (χ1) is 22.8. The molecule has 1 amide bonds. The van der Waals surface area contributed by atoms with Gasteiger partial charge < -0.3 is 34.6 Å². The van der Waals surface area contributed by atoms with Crippen LogP contribution < -0.4 is 16.0 Å². The van der Waals surface area contributed by atoms with Crippen molar-refractivity contribution in [2.24, 2.45) is 24.6 Å². The molecule has 1 saturated heterocycles.